The van der Waals surface area contributed by atoms with E-state index in [1.54, 1.807) is 42.5 Å². The topological polar surface area (TPSA) is 73.9 Å². The predicted octanol–water partition coefficient (Wildman–Crippen LogP) is 4.71. The van der Waals surface area contributed by atoms with Crippen LogP contribution in [0.2, 0.25) is 5.02 Å². The summed E-state index contributed by atoms with van der Waals surface area (Å²) in [4.78, 5) is 23.9. The summed E-state index contributed by atoms with van der Waals surface area (Å²) in [5, 5.41) is 3.17. The number of benzene rings is 2. The van der Waals surface area contributed by atoms with Crippen LogP contribution in [0.4, 0.5) is 5.69 Å². The van der Waals surface area contributed by atoms with Crippen LogP contribution in [0.5, 0.6) is 11.5 Å². The molecule has 0 aliphatic carbocycles. The summed E-state index contributed by atoms with van der Waals surface area (Å²) < 4.78 is 15.5. The Balaban J connectivity index is 1.83. The van der Waals surface area contributed by atoms with Crippen molar-refractivity contribution in [3.8, 4) is 11.5 Å². The minimum atomic E-state index is -0.408. The van der Waals surface area contributed by atoms with E-state index in [1.165, 1.54) is 7.11 Å². The summed E-state index contributed by atoms with van der Waals surface area (Å²) in [6.07, 6.45) is 2.95. The van der Waals surface area contributed by atoms with Crippen molar-refractivity contribution in [2.45, 2.75) is 26.2 Å². The number of nitrogens with one attached hydrogen (secondary N) is 1. The van der Waals surface area contributed by atoms with Crippen LogP contribution >= 0.6 is 11.6 Å². The number of halogens is 1. The van der Waals surface area contributed by atoms with Gasteiger partial charge in [-0.25, -0.2) is 4.79 Å². The molecule has 0 heterocycles. The van der Waals surface area contributed by atoms with Gasteiger partial charge in [0, 0.05) is 11.3 Å². The number of carbonyl (C=O) groups excluding carboxylic acids is 2. The lowest BCUT2D eigenvalue weighted by molar-refractivity contribution is -0.146. The zero-order valence-corrected chi connectivity index (χ0v) is 16.8. The monoisotopic (exact) mass is 405 g/mol. The molecule has 2 rings (SSSR count). The summed E-state index contributed by atoms with van der Waals surface area (Å²) in [7, 11) is 1.52. The van der Waals surface area contributed by atoms with Crippen molar-refractivity contribution in [2.24, 2.45) is 0 Å². The molecule has 0 bridgehead atoms. The quantitative estimate of drug-likeness (QED) is 0.457. The van der Waals surface area contributed by atoms with Gasteiger partial charge in [-0.2, -0.15) is 0 Å². The fourth-order valence-electron chi connectivity index (χ4n) is 2.37. The molecular weight excluding hydrogens is 382 g/mol. The zero-order chi connectivity index (χ0) is 20.4. The van der Waals surface area contributed by atoms with Crippen molar-refractivity contribution in [3.63, 3.8) is 0 Å². The minimum absolute atomic E-state index is 0.165. The number of amides is 1. The molecule has 0 saturated heterocycles. The molecule has 2 aromatic rings. The third-order valence-corrected chi connectivity index (χ3v) is 4.19. The maximum Gasteiger partial charge on any atom is 0.344 e. The van der Waals surface area contributed by atoms with Gasteiger partial charge in [0.2, 0.25) is 0 Å². The number of hydrogen-bond donors (Lipinski definition) is 1. The van der Waals surface area contributed by atoms with E-state index in [2.05, 4.69) is 12.2 Å². The molecule has 7 heteroatoms. The van der Waals surface area contributed by atoms with E-state index in [1.807, 2.05) is 0 Å². The number of ether oxygens (including phenoxy) is 3. The standard InChI is InChI=1S/C21H24ClNO5/c1-3-4-5-12-27-20(24)14-28-17-9-6-15(7-10-17)21(25)23-16-8-11-19(26-2)18(22)13-16/h6-11,13H,3-5,12,14H2,1-2H3,(H,23,25). The van der Waals surface area contributed by atoms with Crippen LogP contribution in [0, 0.1) is 0 Å². The highest BCUT2D eigenvalue weighted by atomic mass is 35.5. The van der Waals surface area contributed by atoms with E-state index in [4.69, 9.17) is 25.8 Å². The lowest BCUT2D eigenvalue weighted by atomic mass is 10.2. The van der Waals surface area contributed by atoms with Gasteiger partial charge in [-0.3, -0.25) is 4.79 Å². The number of methoxy groups -OCH3 is 1. The second-order valence-corrected chi connectivity index (χ2v) is 6.45. The molecule has 150 valence electrons. The van der Waals surface area contributed by atoms with Gasteiger partial charge in [0.05, 0.1) is 18.7 Å². The third-order valence-electron chi connectivity index (χ3n) is 3.89. The predicted molar refractivity (Wildman–Crippen MR) is 108 cm³/mol. The summed E-state index contributed by atoms with van der Waals surface area (Å²) in [6.45, 7) is 2.33. The van der Waals surface area contributed by atoms with Crippen LogP contribution in [-0.2, 0) is 9.53 Å². The van der Waals surface area contributed by atoms with Crippen LogP contribution in [0.1, 0.15) is 36.5 Å². The first kappa shape index (κ1) is 21.6. The first-order valence-corrected chi connectivity index (χ1v) is 9.44. The molecule has 0 radical (unpaired) electrons. The van der Waals surface area contributed by atoms with Gasteiger partial charge in [0.1, 0.15) is 11.5 Å². The molecule has 0 fully saturated rings. The van der Waals surface area contributed by atoms with Crippen molar-refractivity contribution >= 4 is 29.2 Å². The van der Waals surface area contributed by atoms with Gasteiger partial charge in [0.15, 0.2) is 6.61 Å². The van der Waals surface area contributed by atoms with E-state index in [0.717, 1.165) is 19.3 Å². The zero-order valence-electron chi connectivity index (χ0n) is 16.0. The highest BCUT2D eigenvalue weighted by Crippen LogP contribution is 2.27. The maximum atomic E-state index is 12.3. The minimum Gasteiger partial charge on any atom is -0.495 e. The van der Waals surface area contributed by atoms with Crippen molar-refractivity contribution in [3.05, 3.63) is 53.1 Å². The normalized spacial score (nSPS) is 10.2. The second kappa shape index (κ2) is 11.2. The first-order valence-electron chi connectivity index (χ1n) is 9.07. The highest BCUT2D eigenvalue weighted by molar-refractivity contribution is 6.32. The second-order valence-electron chi connectivity index (χ2n) is 6.04. The number of unbranched alkanes of at least 4 members (excludes halogenated alkanes) is 2. The smallest absolute Gasteiger partial charge is 0.344 e. The molecule has 6 nitrogen and oxygen atoms in total. The van der Waals surface area contributed by atoms with Gasteiger partial charge in [0.25, 0.3) is 5.91 Å². The van der Waals surface area contributed by atoms with Crippen molar-refractivity contribution < 1.29 is 23.8 Å². The fourth-order valence-corrected chi connectivity index (χ4v) is 2.63. The Bertz CT molecular complexity index is 792. The number of esters is 1. The Morgan fingerprint density at radius 2 is 1.82 bits per heavy atom. The summed E-state index contributed by atoms with van der Waals surface area (Å²) in [5.74, 6) is 0.317. The largest absolute Gasteiger partial charge is 0.495 e. The molecule has 0 spiro atoms. The van der Waals surface area contributed by atoms with Crippen LogP contribution in [0.3, 0.4) is 0 Å². The van der Waals surface area contributed by atoms with Gasteiger partial charge in [-0.1, -0.05) is 31.4 Å². The van der Waals surface area contributed by atoms with Crippen LogP contribution in [-0.4, -0.2) is 32.2 Å². The molecule has 1 N–H and O–H groups in total. The van der Waals surface area contributed by atoms with Crippen molar-refractivity contribution in [1.29, 1.82) is 0 Å². The highest BCUT2D eigenvalue weighted by Gasteiger charge is 2.09. The summed E-state index contributed by atoms with van der Waals surface area (Å²) >= 11 is 6.06. The lowest BCUT2D eigenvalue weighted by Crippen LogP contribution is -2.15. The van der Waals surface area contributed by atoms with Crippen LogP contribution < -0.4 is 14.8 Å². The summed E-state index contributed by atoms with van der Waals surface area (Å²) in [5.41, 5.74) is 1.00. The molecule has 1 amide bonds. The Hall–Kier alpha value is -2.73. The number of rotatable bonds is 10. The van der Waals surface area contributed by atoms with Gasteiger partial charge < -0.3 is 19.5 Å². The molecule has 2 aromatic carbocycles. The Kier molecular flexibility index (Phi) is 8.62. The van der Waals surface area contributed by atoms with E-state index in [9.17, 15) is 9.59 Å². The summed E-state index contributed by atoms with van der Waals surface area (Å²) in [6, 6.07) is 11.5. The molecule has 0 atom stereocenters. The molecule has 0 aromatic heterocycles. The lowest BCUT2D eigenvalue weighted by Gasteiger charge is -2.09. The SMILES string of the molecule is CCCCCOC(=O)COc1ccc(C(=O)Nc2ccc(OC)c(Cl)c2)cc1. The molecule has 0 unspecified atom stereocenters. The van der Waals surface area contributed by atoms with E-state index >= 15 is 0 Å². The molecule has 28 heavy (non-hydrogen) atoms. The average molecular weight is 406 g/mol. The number of carbonyl (C=O) groups is 2. The molecule has 0 aliphatic rings. The van der Waals surface area contributed by atoms with E-state index < -0.39 is 5.97 Å². The van der Waals surface area contributed by atoms with Gasteiger partial charge >= 0.3 is 5.97 Å². The fraction of sp³-hybridized carbons (Fsp3) is 0.333. The van der Waals surface area contributed by atoms with E-state index in [0.29, 0.717) is 34.4 Å². The van der Waals surface area contributed by atoms with Crippen molar-refractivity contribution in [2.75, 3.05) is 25.6 Å². The van der Waals surface area contributed by atoms with Gasteiger partial charge in [-0.15, -0.1) is 0 Å². The van der Waals surface area contributed by atoms with Crippen LogP contribution in [0.25, 0.3) is 0 Å². The number of hydrogen-bond acceptors (Lipinski definition) is 5. The molecular formula is C21H24ClNO5. The van der Waals surface area contributed by atoms with Crippen LogP contribution in [0.15, 0.2) is 42.5 Å². The third kappa shape index (κ3) is 6.78. The molecule has 0 saturated carbocycles. The first-order chi connectivity index (χ1) is 13.5. The Labute approximate surface area is 169 Å². The van der Waals surface area contributed by atoms with Gasteiger partial charge in [-0.05, 0) is 48.9 Å². The Morgan fingerprint density at radius 1 is 1.07 bits per heavy atom. The maximum absolute atomic E-state index is 12.3. The Morgan fingerprint density at radius 3 is 2.46 bits per heavy atom. The van der Waals surface area contributed by atoms with Crippen molar-refractivity contribution in [1.82, 2.24) is 0 Å². The number of anilines is 1. The molecule has 0 aliphatic heterocycles. The average Bonchev–Trinajstić information content (AvgIpc) is 2.70. The van der Waals surface area contributed by atoms with E-state index in [-0.39, 0.29) is 12.5 Å².